The topological polar surface area (TPSA) is 118 Å². The maximum absolute atomic E-state index is 14.8. The Kier molecular flexibility index (Phi) is 9.71. The monoisotopic (exact) mass is 482 g/mol. The van der Waals surface area contributed by atoms with Crippen LogP contribution in [0.1, 0.15) is 40.1 Å². The van der Waals surface area contributed by atoms with Crippen molar-refractivity contribution in [3.05, 3.63) is 70.3 Å². The highest BCUT2D eigenvalue weighted by molar-refractivity contribution is 6.24. The van der Waals surface area contributed by atoms with Crippen LogP contribution in [0.4, 0.5) is 8.78 Å². The zero-order valence-electron chi connectivity index (χ0n) is 18.2. The Bertz CT molecular complexity index is 981. The zero-order chi connectivity index (χ0) is 24.5. The van der Waals surface area contributed by atoms with Crippen LogP contribution in [0.15, 0.2) is 36.4 Å². The first-order valence-corrected chi connectivity index (χ1v) is 10.3. The van der Waals surface area contributed by atoms with Gasteiger partial charge in [-0.2, -0.15) is 0 Å². The maximum Gasteiger partial charge on any atom is 0.268 e. The lowest BCUT2D eigenvalue weighted by atomic mass is 10.0. The third-order valence-corrected chi connectivity index (χ3v) is 4.93. The second-order valence-electron chi connectivity index (χ2n) is 6.90. The molecule has 0 heterocycles. The van der Waals surface area contributed by atoms with Gasteiger partial charge in [0.15, 0.2) is 6.10 Å². The molecule has 8 nitrogen and oxygen atoms in total. The fourth-order valence-electron chi connectivity index (χ4n) is 2.91. The minimum Gasteiger partial charge on any atom is -0.384 e. The van der Waals surface area contributed by atoms with Gasteiger partial charge >= 0.3 is 0 Å². The number of hydrogen-bond acceptors (Lipinski definition) is 5. The Labute approximate surface area is 195 Å². The smallest absolute Gasteiger partial charge is 0.268 e. The highest BCUT2D eigenvalue weighted by atomic mass is 35.5. The van der Waals surface area contributed by atoms with Gasteiger partial charge in [0.2, 0.25) is 0 Å². The Morgan fingerprint density at radius 1 is 1.18 bits per heavy atom. The van der Waals surface area contributed by atoms with E-state index in [1.165, 1.54) is 7.11 Å². The average Bonchev–Trinajstić information content (AvgIpc) is 2.79. The summed E-state index contributed by atoms with van der Waals surface area (Å²) < 4.78 is 40.6. The Hall–Kier alpha value is -3.08. The largest absolute Gasteiger partial charge is 0.384 e. The van der Waals surface area contributed by atoms with Gasteiger partial charge in [0, 0.05) is 43.2 Å². The van der Waals surface area contributed by atoms with E-state index in [2.05, 4.69) is 5.32 Å². The molecule has 0 aromatic heterocycles. The average molecular weight is 483 g/mol. The number of nitrogens with zero attached hydrogens (tertiary/aromatic N) is 1. The Morgan fingerprint density at radius 2 is 1.79 bits per heavy atom. The van der Waals surface area contributed by atoms with E-state index in [9.17, 15) is 18.4 Å². The molecular formula is C22H25ClF2N4O4. The van der Waals surface area contributed by atoms with Gasteiger partial charge in [-0.05, 0) is 24.6 Å². The highest BCUT2D eigenvalue weighted by Crippen LogP contribution is 2.26. The first kappa shape index (κ1) is 26.2. The van der Waals surface area contributed by atoms with Gasteiger partial charge in [-0.15, -0.1) is 0 Å². The molecule has 2 aromatic carbocycles. The Balaban J connectivity index is 2.20. The van der Waals surface area contributed by atoms with Crippen LogP contribution in [0.3, 0.4) is 0 Å². The number of benzene rings is 2. The van der Waals surface area contributed by atoms with Crippen molar-refractivity contribution in [2.75, 3.05) is 26.9 Å². The lowest BCUT2D eigenvalue weighted by Gasteiger charge is -2.20. The molecule has 0 radical (unpaired) electrons. The van der Waals surface area contributed by atoms with E-state index in [0.717, 1.165) is 16.6 Å². The van der Waals surface area contributed by atoms with Gasteiger partial charge in [0.1, 0.15) is 17.5 Å². The highest BCUT2D eigenvalue weighted by Gasteiger charge is 2.29. The number of amides is 2. The number of amidine groups is 1. The van der Waals surface area contributed by atoms with Gasteiger partial charge in [-0.3, -0.25) is 15.0 Å². The van der Waals surface area contributed by atoms with Crippen LogP contribution in [-0.2, 0) is 20.8 Å². The van der Waals surface area contributed by atoms with E-state index in [1.54, 1.807) is 31.2 Å². The molecule has 4 N–H and O–H groups in total. The van der Waals surface area contributed by atoms with E-state index in [1.807, 2.05) is 0 Å². The fourth-order valence-corrected chi connectivity index (χ4v) is 3.08. The molecule has 0 saturated carbocycles. The summed E-state index contributed by atoms with van der Waals surface area (Å²) in [7, 11) is 1.42. The van der Waals surface area contributed by atoms with Crippen molar-refractivity contribution in [1.29, 1.82) is 5.41 Å². The number of carbonyl (C=O) groups excluding carboxylic acids is 2. The molecule has 1 unspecified atom stereocenters. The number of carbonyl (C=O) groups is 2. The summed E-state index contributed by atoms with van der Waals surface area (Å²) in [5, 5.41) is 9.96. The maximum atomic E-state index is 14.8. The molecule has 33 heavy (non-hydrogen) atoms. The number of methoxy groups -OCH3 is 1. The second-order valence-corrected chi connectivity index (χ2v) is 7.31. The minimum absolute atomic E-state index is 0.0113. The lowest BCUT2D eigenvalue weighted by Crippen LogP contribution is -2.32. The third kappa shape index (κ3) is 6.95. The molecule has 0 aliphatic heterocycles. The molecule has 178 valence electrons. The number of nitrogens with two attached hydrogens (primary N) is 1. The fraction of sp³-hybridized carbons (Fsp3) is 0.318. The molecule has 0 bridgehead atoms. The lowest BCUT2D eigenvalue weighted by molar-refractivity contribution is -0.133. The van der Waals surface area contributed by atoms with E-state index in [-0.39, 0.29) is 37.7 Å². The molecular weight excluding hydrogens is 458 g/mol. The van der Waals surface area contributed by atoms with Crippen molar-refractivity contribution in [3.63, 3.8) is 0 Å². The summed E-state index contributed by atoms with van der Waals surface area (Å²) in [6.07, 6.45) is -1.57. The number of hydrogen-bond donors (Lipinski definition) is 3. The normalized spacial score (nSPS) is 11.7. The summed E-state index contributed by atoms with van der Waals surface area (Å²) in [6, 6.07) is 8.17. The quantitative estimate of drug-likeness (QED) is 0.258. The number of nitrogen functional groups attached to an aromatic ring is 1. The molecule has 2 aromatic rings. The van der Waals surface area contributed by atoms with Gasteiger partial charge in [0.25, 0.3) is 11.8 Å². The molecule has 0 spiro atoms. The summed E-state index contributed by atoms with van der Waals surface area (Å²) in [4.78, 5) is 25.0. The number of nitrogens with one attached hydrogen (secondary N) is 2. The molecule has 2 amide bonds. The van der Waals surface area contributed by atoms with Gasteiger partial charge < -0.3 is 20.5 Å². The van der Waals surface area contributed by atoms with Crippen molar-refractivity contribution in [2.24, 2.45) is 5.73 Å². The van der Waals surface area contributed by atoms with Crippen LogP contribution in [0.25, 0.3) is 0 Å². The van der Waals surface area contributed by atoms with E-state index in [0.29, 0.717) is 11.1 Å². The van der Waals surface area contributed by atoms with Crippen LogP contribution in [0.5, 0.6) is 0 Å². The van der Waals surface area contributed by atoms with Crippen LogP contribution in [-0.4, -0.2) is 48.9 Å². The van der Waals surface area contributed by atoms with Crippen molar-refractivity contribution < 1.29 is 27.8 Å². The van der Waals surface area contributed by atoms with Crippen molar-refractivity contribution >= 4 is 29.4 Å². The van der Waals surface area contributed by atoms with Crippen molar-refractivity contribution in [2.45, 2.75) is 19.6 Å². The molecule has 0 aliphatic carbocycles. The summed E-state index contributed by atoms with van der Waals surface area (Å²) in [6.45, 7) is 1.80. The van der Waals surface area contributed by atoms with Crippen LogP contribution in [0.2, 0.25) is 0 Å². The first-order valence-electron chi connectivity index (χ1n) is 9.97. The number of ether oxygens (including phenoxy) is 2. The molecule has 2 rings (SSSR count). The predicted molar refractivity (Wildman–Crippen MR) is 119 cm³/mol. The SMILES string of the molecule is CCOC(C(=O)NCc1ccc(C(=N)N)cc1)c1c(F)cc(C(=O)N(Cl)CCOC)cc1F. The van der Waals surface area contributed by atoms with Gasteiger partial charge in [-0.25, -0.2) is 13.2 Å². The molecule has 0 saturated heterocycles. The van der Waals surface area contributed by atoms with Gasteiger partial charge in [-0.1, -0.05) is 24.3 Å². The van der Waals surface area contributed by atoms with E-state index >= 15 is 0 Å². The minimum atomic E-state index is -1.57. The van der Waals surface area contributed by atoms with Gasteiger partial charge in [0.05, 0.1) is 18.7 Å². The molecule has 1 atom stereocenters. The molecule has 0 aliphatic rings. The van der Waals surface area contributed by atoms with Crippen molar-refractivity contribution in [1.82, 2.24) is 9.74 Å². The van der Waals surface area contributed by atoms with Crippen LogP contribution < -0.4 is 11.1 Å². The van der Waals surface area contributed by atoms with E-state index in [4.69, 9.17) is 32.4 Å². The summed E-state index contributed by atoms with van der Waals surface area (Å²) >= 11 is 5.83. The van der Waals surface area contributed by atoms with Crippen molar-refractivity contribution in [3.8, 4) is 0 Å². The summed E-state index contributed by atoms with van der Waals surface area (Å²) in [5.74, 6) is -3.90. The zero-order valence-corrected chi connectivity index (χ0v) is 18.9. The molecule has 11 heteroatoms. The van der Waals surface area contributed by atoms with Crippen LogP contribution in [0, 0.1) is 17.0 Å². The number of rotatable bonds is 11. The number of halogens is 3. The second kappa shape index (κ2) is 12.2. The Morgan fingerprint density at radius 3 is 2.30 bits per heavy atom. The summed E-state index contributed by atoms with van der Waals surface area (Å²) in [5.41, 5.74) is 5.68. The van der Waals surface area contributed by atoms with E-state index < -0.39 is 35.1 Å². The third-order valence-electron chi connectivity index (χ3n) is 4.60. The first-order chi connectivity index (χ1) is 15.7. The standard InChI is InChI=1S/C22H25ClF2N4O4/c1-3-33-19(21(30)28-12-13-4-6-14(7-5-13)20(26)27)18-16(24)10-15(11-17(18)25)22(31)29(23)8-9-32-2/h4-7,10-11,19H,3,8-9,12H2,1-2H3,(H3,26,27)(H,28,30). The van der Waals surface area contributed by atoms with Crippen LogP contribution >= 0.6 is 11.8 Å². The molecule has 0 fully saturated rings. The predicted octanol–water partition coefficient (Wildman–Crippen LogP) is 2.89.